The Morgan fingerprint density at radius 1 is 1.38 bits per heavy atom. The fraction of sp³-hybridized carbons (Fsp3) is 0.727. The normalized spacial score (nSPS) is 19.4. The van der Waals surface area contributed by atoms with Crippen LogP contribution in [0.1, 0.15) is 51.1 Å². The molecule has 0 aliphatic heterocycles. The highest BCUT2D eigenvalue weighted by Crippen LogP contribution is 2.35. The van der Waals surface area contributed by atoms with Crippen LogP contribution < -0.4 is 0 Å². The minimum Gasteiger partial charge on any atom is -0.269 e. The highest BCUT2D eigenvalue weighted by molar-refractivity contribution is 5.12. The second-order valence-corrected chi connectivity index (χ2v) is 4.52. The zero-order chi connectivity index (χ0) is 9.42. The van der Waals surface area contributed by atoms with Crippen LogP contribution in [0.25, 0.3) is 0 Å². The number of aromatic nitrogens is 2. The van der Waals surface area contributed by atoms with Crippen molar-refractivity contribution < 1.29 is 0 Å². The standard InChI is InChI=1S/C11H18N2/c1-8(2)9(3)10-6-12-13(7-10)11-4-5-11/h6-9,11H,4-5H2,1-3H3. The van der Waals surface area contributed by atoms with Crippen molar-refractivity contribution in [3.8, 4) is 0 Å². The maximum absolute atomic E-state index is 4.40. The molecule has 1 aromatic rings. The molecule has 1 aromatic heterocycles. The Morgan fingerprint density at radius 3 is 2.62 bits per heavy atom. The predicted molar refractivity (Wildman–Crippen MR) is 53.8 cm³/mol. The maximum atomic E-state index is 4.40. The third-order valence-corrected chi connectivity index (χ3v) is 3.07. The summed E-state index contributed by atoms with van der Waals surface area (Å²) in [4.78, 5) is 0. The van der Waals surface area contributed by atoms with Crippen LogP contribution in [0.5, 0.6) is 0 Å². The first kappa shape index (κ1) is 8.79. The zero-order valence-electron chi connectivity index (χ0n) is 8.70. The van der Waals surface area contributed by atoms with Gasteiger partial charge in [-0.15, -0.1) is 0 Å². The first-order valence-corrected chi connectivity index (χ1v) is 5.22. The topological polar surface area (TPSA) is 17.8 Å². The molecule has 0 N–H and O–H groups in total. The third kappa shape index (κ3) is 1.77. The Labute approximate surface area is 80.0 Å². The molecule has 1 atom stereocenters. The van der Waals surface area contributed by atoms with Crippen molar-refractivity contribution in [2.45, 2.75) is 45.6 Å². The first-order valence-electron chi connectivity index (χ1n) is 5.22. The summed E-state index contributed by atoms with van der Waals surface area (Å²) in [6, 6.07) is 0.716. The molecule has 1 heterocycles. The van der Waals surface area contributed by atoms with Crippen LogP contribution in [0.2, 0.25) is 0 Å². The molecule has 1 unspecified atom stereocenters. The van der Waals surface area contributed by atoms with E-state index in [2.05, 4.69) is 36.7 Å². The summed E-state index contributed by atoms with van der Waals surface area (Å²) in [7, 11) is 0. The molecule has 0 aromatic carbocycles. The van der Waals surface area contributed by atoms with Crippen LogP contribution in [0.4, 0.5) is 0 Å². The van der Waals surface area contributed by atoms with E-state index < -0.39 is 0 Å². The summed E-state index contributed by atoms with van der Waals surface area (Å²) in [5.74, 6) is 1.34. The summed E-state index contributed by atoms with van der Waals surface area (Å²) >= 11 is 0. The van der Waals surface area contributed by atoms with E-state index in [0.717, 1.165) is 0 Å². The van der Waals surface area contributed by atoms with Crippen molar-refractivity contribution in [3.63, 3.8) is 0 Å². The lowest BCUT2D eigenvalue weighted by molar-refractivity contribution is 0.533. The molecule has 1 aliphatic rings. The van der Waals surface area contributed by atoms with Gasteiger partial charge in [-0.25, -0.2) is 0 Å². The van der Waals surface area contributed by atoms with Crippen molar-refractivity contribution in [3.05, 3.63) is 18.0 Å². The fourth-order valence-electron chi connectivity index (χ4n) is 1.51. The summed E-state index contributed by atoms with van der Waals surface area (Å²) in [5, 5.41) is 4.40. The molecule has 2 rings (SSSR count). The highest BCUT2D eigenvalue weighted by Gasteiger charge is 2.25. The molecule has 2 nitrogen and oxygen atoms in total. The van der Waals surface area contributed by atoms with Gasteiger partial charge in [0, 0.05) is 6.20 Å². The van der Waals surface area contributed by atoms with E-state index >= 15 is 0 Å². The largest absolute Gasteiger partial charge is 0.269 e. The summed E-state index contributed by atoms with van der Waals surface area (Å²) in [5.41, 5.74) is 1.39. The quantitative estimate of drug-likeness (QED) is 0.695. The number of hydrogen-bond donors (Lipinski definition) is 0. The van der Waals surface area contributed by atoms with E-state index in [0.29, 0.717) is 17.9 Å². The van der Waals surface area contributed by atoms with E-state index in [1.54, 1.807) is 0 Å². The van der Waals surface area contributed by atoms with Crippen LogP contribution in [-0.4, -0.2) is 9.78 Å². The minimum atomic E-state index is 0.632. The molecule has 1 saturated carbocycles. The molecular weight excluding hydrogens is 160 g/mol. The van der Waals surface area contributed by atoms with Gasteiger partial charge < -0.3 is 0 Å². The fourth-order valence-corrected chi connectivity index (χ4v) is 1.51. The van der Waals surface area contributed by atoms with Crippen LogP contribution in [-0.2, 0) is 0 Å². The van der Waals surface area contributed by atoms with Crippen molar-refractivity contribution in [1.29, 1.82) is 0 Å². The van der Waals surface area contributed by atoms with Gasteiger partial charge in [-0.05, 0) is 30.2 Å². The predicted octanol–water partition coefficient (Wildman–Crippen LogP) is 2.98. The summed E-state index contributed by atoms with van der Waals surface area (Å²) in [6.07, 6.45) is 6.89. The van der Waals surface area contributed by atoms with Crippen molar-refractivity contribution in [2.24, 2.45) is 5.92 Å². The molecule has 0 saturated heterocycles. The third-order valence-electron chi connectivity index (χ3n) is 3.07. The Bertz CT molecular complexity index is 284. The molecule has 2 heteroatoms. The van der Waals surface area contributed by atoms with E-state index in [9.17, 15) is 0 Å². The second-order valence-electron chi connectivity index (χ2n) is 4.52. The number of nitrogens with zero attached hydrogens (tertiary/aromatic N) is 2. The zero-order valence-corrected chi connectivity index (χ0v) is 8.70. The molecule has 1 fully saturated rings. The Morgan fingerprint density at radius 2 is 2.08 bits per heavy atom. The van der Waals surface area contributed by atoms with E-state index in [1.807, 2.05) is 6.20 Å². The molecule has 0 bridgehead atoms. The van der Waals surface area contributed by atoms with Crippen molar-refractivity contribution in [1.82, 2.24) is 9.78 Å². The Kier molecular flexibility index (Phi) is 2.14. The average Bonchev–Trinajstić information content (AvgIpc) is 2.83. The molecule has 0 spiro atoms. The smallest absolute Gasteiger partial charge is 0.0524 e. The summed E-state index contributed by atoms with van der Waals surface area (Å²) < 4.78 is 2.13. The number of rotatable bonds is 3. The van der Waals surface area contributed by atoms with Gasteiger partial charge >= 0.3 is 0 Å². The number of hydrogen-bond acceptors (Lipinski definition) is 1. The Hall–Kier alpha value is -0.790. The van der Waals surface area contributed by atoms with Gasteiger partial charge in [0.2, 0.25) is 0 Å². The molecular formula is C11H18N2. The van der Waals surface area contributed by atoms with Gasteiger partial charge in [-0.1, -0.05) is 20.8 Å². The van der Waals surface area contributed by atoms with E-state index in [4.69, 9.17) is 0 Å². The lowest BCUT2D eigenvalue weighted by atomic mass is 9.93. The van der Waals surface area contributed by atoms with E-state index in [-0.39, 0.29) is 0 Å². The van der Waals surface area contributed by atoms with Gasteiger partial charge in [0.05, 0.1) is 12.2 Å². The first-order chi connectivity index (χ1) is 6.18. The highest BCUT2D eigenvalue weighted by atomic mass is 15.3. The second kappa shape index (κ2) is 3.17. The van der Waals surface area contributed by atoms with Gasteiger partial charge in [-0.3, -0.25) is 4.68 Å². The molecule has 0 radical (unpaired) electrons. The lowest BCUT2D eigenvalue weighted by Crippen LogP contribution is -2.00. The summed E-state index contributed by atoms with van der Waals surface area (Å²) in [6.45, 7) is 6.80. The Balaban J connectivity index is 2.11. The van der Waals surface area contributed by atoms with Crippen LogP contribution >= 0.6 is 0 Å². The maximum Gasteiger partial charge on any atom is 0.0524 e. The molecule has 72 valence electrons. The van der Waals surface area contributed by atoms with Crippen LogP contribution in [0, 0.1) is 5.92 Å². The minimum absolute atomic E-state index is 0.632. The van der Waals surface area contributed by atoms with Crippen LogP contribution in [0.15, 0.2) is 12.4 Å². The van der Waals surface area contributed by atoms with Gasteiger partial charge in [0.1, 0.15) is 0 Å². The molecule has 13 heavy (non-hydrogen) atoms. The van der Waals surface area contributed by atoms with E-state index in [1.165, 1.54) is 18.4 Å². The SMILES string of the molecule is CC(C)C(C)c1cnn(C2CC2)c1. The van der Waals surface area contributed by atoms with Gasteiger partial charge in [-0.2, -0.15) is 5.10 Å². The van der Waals surface area contributed by atoms with Gasteiger partial charge in [0.25, 0.3) is 0 Å². The van der Waals surface area contributed by atoms with Crippen molar-refractivity contribution in [2.75, 3.05) is 0 Å². The van der Waals surface area contributed by atoms with Gasteiger partial charge in [0.15, 0.2) is 0 Å². The lowest BCUT2D eigenvalue weighted by Gasteiger charge is -2.12. The monoisotopic (exact) mass is 178 g/mol. The van der Waals surface area contributed by atoms with Crippen molar-refractivity contribution >= 4 is 0 Å². The van der Waals surface area contributed by atoms with Crippen LogP contribution in [0.3, 0.4) is 0 Å². The molecule has 1 aliphatic carbocycles. The molecule has 0 amide bonds. The average molecular weight is 178 g/mol.